The highest BCUT2D eigenvalue weighted by Crippen LogP contribution is 2.40. The van der Waals surface area contributed by atoms with Crippen molar-refractivity contribution in [2.45, 2.75) is 57.0 Å². The van der Waals surface area contributed by atoms with E-state index >= 15 is 0 Å². The second-order valence-corrected chi connectivity index (χ2v) is 7.62. The van der Waals surface area contributed by atoms with E-state index in [4.69, 9.17) is 0 Å². The van der Waals surface area contributed by atoms with E-state index in [1.54, 1.807) is 10.9 Å². The first kappa shape index (κ1) is 16.4. The summed E-state index contributed by atoms with van der Waals surface area (Å²) < 4.78 is 1.76. The zero-order valence-electron chi connectivity index (χ0n) is 14.7. The number of rotatable bonds is 4. The lowest BCUT2D eigenvalue weighted by atomic mass is 9.69. The molecule has 4 atom stereocenters. The van der Waals surface area contributed by atoms with Gasteiger partial charge < -0.3 is 5.32 Å². The lowest BCUT2D eigenvalue weighted by Crippen LogP contribution is -2.44. The second-order valence-electron chi connectivity index (χ2n) is 7.62. The van der Waals surface area contributed by atoms with E-state index in [9.17, 15) is 4.79 Å². The van der Waals surface area contributed by atoms with E-state index in [2.05, 4.69) is 10.4 Å². The third-order valence-corrected chi connectivity index (χ3v) is 6.04. The Balaban J connectivity index is 1.48. The van der Waals surface area contributed by atoms with Crippen molar-refractivity contribution in [3.8, 4) is 0 Å². The van der Waals surface area contributed by atoms with Crippen LogP contribution in [0.2, 0.25) is 0 Å². The Morgan fingerprint density at radius 3 is 2.60 bits per heavy atom. The molecule has 0 unspecified atom stereocenters. The Labute approximate surface area is 149 Å². The quantitative estimate of drug-likeness (QED) is 0.918. The number of fused-ring (bicyclic) bond motifs is 1. The van der Waals surface area contributed by atoms with E-state index in [0.717, 1.165) is 30.2 Å². The molecule has 0 bridgehead atoms. The molecule has 0 radical (unpaired) electrons. The van der Waals surface area contributed by atoms with Gasteiger partial charge in [-0.25, -0.2) is 0 Å². The molecule has 1 N–H and O–H groups in total. The fourth-order valence-corrected chi connectivity index (χ4v) is 4.78. The lowest BCUT2D eigenvalue weighted by molar-refractivity contribution is -0.124. The largest absolute Gasteiger partial charge is 0.351 e. The van der Waals surface area contributed by atoms with Crippen LogP contribution in [-0.2, 0) is 4.79 Å². The van der Waals surface area contributed by atoms with Crippen molar-refractivity contribution in [3.05, 3.63) is 54.4 Å². The van der Waals surface area contributed by atoms with E-state index in [1.807, 2.05) is 42.6 Å². The fourth-order valence-electron chi connectivity index (χ4n) is 4.78. The van der Waals surface area contributed by atoms with Crippen LogP contribution in [0, 0.1) is 11.8 Å². The van der Waals surface area contributed by atoms with Crippen LogP contribution in [0.3, 0.4) is 0 Å². The minimum absolute atomic E-state index is 0.0640. The summed E-state index contributed by atoms with van der Waals surface area (Å²) in [5.41, 5.74) is 0.982. The van der Waals surface area contributed by atoms with Gasteiger partial charge in [-0.3, -0.25) is 9.48 Å². The van der Waals surface area contributed by atoms with Crippen molar-refractivity contribution in [1.29, 1.82) is 0 Å². The van der Waals surface area contributed by atoms with E-state index in [0.29, 0.717) is 6.04 Å². The first-order chi connectivity index (χ1) is 12.3. The lowest BCUT2D eigenvalue weighted by Gasteiger charge is -2.39. The molecule has 1 heterocycles. The van der Waals surface area contributed by atoms with Crippen LogP contribution in [0.5, 0.6) is 0 Å². The molecule has 4 nitrogen and oxygen atoms in total. The van der Waals surface area contributed by atoms with Gasteiger partial charge in [0, 0.05) is 18.4 Å². The number of nitrogens with one attached hydrogen (secondary N) is 1. The number of amides is 1. The van der Waals surface area contributed by atoms with E-state index in [-0.39, 0.29) is 11.9 Å². The number of carbonyl (C=O) groups excluding carboxylic acids is 1. The molecule has 2 aromatic rings. The van der Waals surface area contributed by atoms with Gasteiger partial charge in [0.25, 0.3) is 0 Å². The molecule has 1 aromatic heterocycles. The Bertz CT molecular complexity index is 682. The molecule has 0 aliphatic heterocycles. The zero-order chi connectivity index (χ0) is 17.1. The molecule has 2 saturated carbocycles. The summed E-state index contributed by atoms with van der Waals surface area (Å²) in [5, 5.41) is 7.67. The van der Waals surface area contributed by atoms with Crippen LogP contribution in [0.1, 0.15) is 56.6 Å². The van der Waals surface area contributed by atoms with Crippen molar-refractivity contribution in [2.24, 2.45) is 11.8 Å². The van der Waals surface area contributed by atoms with Gasteiger partial charge >= 0.3 is 0 Å². The molecular formula is C21H27N3O. The summed E-state index contributed by atoms with van der Waals surface area (Å²) in [6.45, 7) is 0. The van der Waals surface area contributed by atoms with E-state index in [1.165, 1.54) is 32.1 Å². The Morgan fingerprint density at radius 1 is 1.04 bits per heavy atom. The SMILES string of the molecule is O=C(N[C@@H]1CC[C@@H]2CCCC[C@@H]2C1)[C@H](c1ccccc1)n1cccn1. The molecule has 1 amide bonds. The Kier molecular flexibility index (Phi) is 4.86. The van der Waals surface area contributed by atoms with Gasteiger partial charge in [0.15, 0.2) is 6.04 Å². The van der Waals surface area contributed by atoms with Gasteiger partial charge in [-0.2, -0.15) is 5.10 Å². The number of carbonyl (C=O) groups is 1. The summed E-state index contributed by atoms with van der Waals surface area (Å²) in [7, 11) is 0. The number of benzene rings is 1. The van der Waals surface area contributed by atoms with Gasteiger partial charge in [0.1, 0.15) is 0 Å². The Hall–Kier alpha value is -2.10. The summed E-state index contributed by atoms with van der Waals surface area (Å²) in [6.07, 6.45) is 12.6. The van der Waals surface area contributed by atoms with Crippen molar-refractivity contribution in [1.82, 2.24) is 15.1 Å². The maximum Gasteiger partial charge on any atom is 0.249 e. The van der Waals surface area contributed by atoms with Crippen LogP contribution in [0.15, 0.2) is 48.8 Å². The molecule has 0 spiro atoms. The fraction of sp³-hybridized carbons (Fsp3) is 0.524. The minimum Gasteiger partial charge on any atom is -0.351 e. The number of nitrogens with zero attached hydrogens (tertiary/aromatic N) is 2. The first-order valence-electron chi connectivity index (χ1n) is 9.65. The van der Waals surface area contributed by atoms with Crippen molar-refractivity contribution >= 4 is 5.91 Å². The van der Waals surface area contributed by atoms with E-state index < -0.39 is 0 Å². The predicted molar refractivity (Wildman–Crippen MR) is 98.0 cm³/mol. The van der Waals surface area contributed by atoms with Gasteiger partial charge in [-0.05, 0) is 42.7 Å². The highest BCUT2D eigenvalue weighted by Gasteiger charge is 2.34. The summed E-state index contributed by atoms with van der Waals surface area (Å²) in [6, 6.07) is 11.7. The molecular weight excluding hydrogens is 310 g/mol. The third-order valence-electron chi connectivity index (χ3n) is 6.04. The molecule has 132 valence electrons. The maximum absolute atomic E-state index is 13.1. The molecule has 2 aliphatic rings. The zero-order valence-corrected chi connectivity index (χ0v) is 14.7. The monoisotopic (exact) mass is 337 g/mol. The minimum atomic E-state index is -0.389. The van der Waals surface area contributed by atoms with Crippen molar-refractivity contribution < 1.29 is 4.79 Å². The van der Waals surface area contributed by atoms with Crippen LogP contribution in [0.25, 0.3) is 0 Å². The molecule has 4 heteroatoms. The number of aromatic nitrogens is 2. The predicted octanol–water partition coefficient (Wildman–Crippen LogP) is 3.95. The summed E-state index contributed by atoms with van der Waals surface area (Å²) >= 11 is 0. The van der Waals surface area contributed by atoms with Crippen molar-refractivity contribution in [2.75, 3.05) is 0 Å². The maximum atomic E-state index is 13.1. The molecule has 2 fully saturated rings. The average Bonchev–Trinajstić information content (AvgIpc) is 3.17. The highest BCUT2D eigenvalue weighted by molar-refractivity contribution is 5.83. The van der Waals surface area contributed by atoms with Crippen LogP contribution in [0.4, 0.5) is 0 Å². The number of hydrogen-bond donors (Lipinski definition) is 1. The molecule has 1 aromatic carbocycles. The van der Waals surface area contributed by atoms with Gasteiger partial charge in [-0.15, -0.1) is 0 Å². The normalized spacial score (nSPS) is 27.3. The van der Waals surface area contributed by atoms with Gasteiger partial charge in [0.2, 0.25) is 5.91 Å². The molecule has 4 rings (SSSR count). The first-order valence-corrected chi connectivity index (χ1v) is 9.65. The third kappa shape index (κ3) is 3.63. The molecule has 2 aliphatic carbocycles. The van der Waals surface area contributed by atoms with Crippen LogP contribution < -0.4 is 5.32 Å². The molecule has 0 saturated heterocycles. The standard InChI is InChI=1S/C21H27N3O/c25-21(23-19-12-11-16-7-4-5-10-18(16)15-19)20(24-14-6-13-22-24)17-8-2-1-3-9-17/h1-3,6,8-9,13-14,16,18-20H,4-5,7,10-12,15H2,(H,23,25)/t16-,18+,19+,20-/m0/s1. The second kappa shape index (κ2) is 7.42. The van der Waals surface area contributed by atoms with Crippen LogP contribution in [-0.4, -0.2) is 21.7 Å². The van der Waals surface area contributed by atoms with Crippen LogP contribution >= 0.6 is 0 Å². The number of hydrogen-bond acceptors (Lipinski definition) is 2. The summed E-state index contributed by atoms with van der Waals surface area (Å²) in [5.74, 6) is 1.78. The van der Waals surface area contributed by atoms with Gasteiger partial charge in [-0.1, -0.05) is 56.0 Å². The van der Waals surface area contributed by atoms with Gasteiger partial charge in [0.05, 0.1) is 0 Å². The highest BCUT2D eigenvalue weighted by atomic mass is 16.2. The van der Waals surface area contributed by atoms with Crippen molar-refractivity contribution in [3.63, 3.8) is 0 Å². The summed E-state index contributed by atoms with van der Waals surface area (Å²) in [4.78, 5) is 13.1. The molecule has 25 heavy (non-hydrogen) atoms. The topological polar surface area (TPSA) is 46.9 Å². The average molecular weight is 337 g/mol. The Morgan fingerprint density at radius 2 is 1.84 bits per heavy atom. The smallest absolute Gasteiger partial charge is 0.249 e.